The molecule has 2 aromatic rings. The number of hydrogen-bond acceptors (Lipinski definition) is 3. The summed E-state index contributed by atoms with van der Waals surface area (Å²) in [7, 11) is 0. The van der Waals surface area contributed by atoms with Crippen molar-refractivity contribution in [1.82, 2.24) is 10.3 Å². The Hall–Kier alpha value is -1.88. The molecule has 1 unspecified atom stereocenters. The smallest absolute Gasteiger partial charge is 0.261 e. The topological polar surface area (TPSA) is 62.0 Å². The van der Waals surface area contributed by atoms with Gasteiger partial charge >= 0.3 is 0 Å². The normalized spacial score (nSPS) is 16.9. The van der Waals surface area contributed by atoms with E-state index in [0.29, 0.717) is 11.5 Å². The number of hydrogen-bond donors (Lipinski definition) is 2. The molecule has 0 saturated carbocycles. The van der Waals surface area contributed by atoms with E-state index in [9.17, 15) is 9.59 Å². The molecule has 1 amide bonds. The fraction of sp³-hybridized carbons (Fsp3) is 0.444. The molecule has 0 saturated heterocycles. The average Bonchev–Trinajstić information content (AvgIpc) is 2.88. The maximum Gasteiger partial charge on any atom is 0.261 e. The van der Waals surface area contributed by atoms with Crippen LogP contribution >= 0.6 is 11.3 Å². The third kappa shape index (κ3) is 3.39. The Kier molecular flexibility index (Phi) is 4.39. The second-order valence-corrected chi connectivity index (χ2v) is 7.67. The van der Waals surface area contributed by atoms with E-state index in [-0.39, 0.29) is 18.0 Å². The van der Waals surface area contributed by atoms with Crippen LogP contribution in [0.5, 0.6) is 0 Å². The highest BCUT2D eigenvalue weighted by Gasteiger charge is 2.20. The Morgan fingerprint density at radius 1 is 1.39 bits per heavy atom. The molecule has 0 bridgehead atoms. The minimum Gasteiger partial charge on any atom is -0.347 e. The van der Waals surface area contributed by atoms with Crippen molar-refractivity contribution in [3.8, 4) is 0 Å². The number of aromatic amines is 1. The van der Waals surface area contributed by atoms with E-state index in [1.807, 2.05) is 26.0 Å². The van der Waals surface area contributed by atoms with Crippen LogP contribution in [-0.4, -0.2) is 10.9 Å². The van der Waals surface area contributed by atoms with Gasteiger partial charge in [0.15, 0.2) is 0 Å². The van der Waals surface area contributed by atoms with Crippen molar-refractivity contribution >= 4 is 17.2 Å². The van der Waals surface area contributed by atoms with Gasteiger partial charge in [0.1, 0.15) is 0 Å². The van der Waals surface area contributed by atoms with Gasteiger partial charge in [0.25, 0.3) is 11.5 Å². The molecule has 23 heavy (non-hydrogen) atoms. The molecule has 0 fully saturated rings. The minimum absolute atomic E-state index is 0.0866. The predicted molar refractivity (Wildman–Crippen MR) is 93.2 cm³/mol. The lowest BCUT2D eigenvalue weighted by atomic mass is 9.90. The van der Waals surface area contributed by atoms with E-state index in [1.165, 1.54) is 16.9 Å². The van der Waals surface area contributed by atoms with Crippen LogP contribution in [0, 0.1) is 19.8 Å². The first-order valence-electron chi connectivity index (χ1n) is 8.03. The van der Waals surface area contributed by atoms with Crippen molar-refractivity contribution in [2.75, 3.05) is 0 Å². The zero-order chi connectivity index (χ0) is 16.6. The number of H-pyrrole nitrogens is 1. The Morgan fingerprint density at radius 2 is 2.17 bits per heavy atom. The number of carbonyl (C=O) groups is 1. The van der Waals surface area contributed by atoms with Crippen LogP contribution in [0.1, 0.15) is 50.3 Å². The number of amides is 1. The molecule has 0 radical (unpaired) electrons. The van der Waals surface area contributed by atoms with E-state index in [4.69, 9.17) is 0 Å². The minimum atomic E-state index is -0.123. The van der Waals surface area contributed by atoms with E-state index in [0.717, 1.165) is 29.0 Å². The van der Waals surface area contributed by atoms with Crippen LogP contribution in [0.2, 0.25) is 0 Å². The molecule has 1 atom stereocenters. The molecule has 0 aromatic carbocycles. The molecule has 5 heteroatoms. The van der Waals surface area contributed by atoms with Gasteiger partial charge in [-0.1, -0.05) is 6.92 Å². The number of thiophene rings is 1. The van der Waals surface area contributed by atoms with Crippen LogP contribution in [0.4, 0.5) is 0 Å². The van der Waals surface area contributed by atoms with Gasteiger partial charge in [-0.3, -0.25) is 9.59 Å². The van der Waals surface area contributed by atoms with Crippen molar-refractivity contribution in [1.29, 1.82) is 0 Å². The van der Waals surface area contributed by atoms with Gasteiger partial charge in [-0.05, 0) is 62.3 Å². The van der Waals surface area contributed by atoms with Crippen molar-refractivity contribution in [3.63, 3.8) is 0 Å². The monoisotopic (exact) mass is 330 g/mol. The van der Waals surface area contributed by atoms with Gasteiger partial charge in [-0.25, -0.2) is 0 Å². The van der Waals surface area contributed by atoms with Crippen molar-refractivity contribution in [3.05, 3.63) is 54.6 Å². The highest BCUT2D eigenvalue weighted by molar-refractivity contribution is 7.14. The first-order valence-corrected chi connectivity index (χ1v) is 8.85. The number of pyridine rings is 1. The number of carbonyl (C=O) groups excluding carboxylic acids is 1. The highest BCUT2D eigenvalue weighted by Crippen LogP contribution is 2.32. The van der Waals surface area contributed by atoms with Crippen LogP contribution in [-0.2, 0) is 19.4 Å². The summed E-state index contributed by atoms with van der Waals surface area (Å²) in [6, 6.07) is 3.95. The van der Waals surface area contributed by atoms with Gasteiger partial charge in [-0.2, -0.15) is 0 Å². The third-order valence-electron chi connectivity index (χ3n) is 4.47. The molecule has 1 aliphatic rings. The molecular weight excluding hydrogens is 308 g/mol. The summed E-state index contributed by atoms with van der Waals surface area (Å²) in [6.45, 7) is 6.27. The molecule has 122 valence electrons. The number of rotatable bonds is 3. The average molecular weight is 330 g/mol. The fourth-order valence-corrected chi connectivity index (χ4v) is 4.30. The summed E-state index contributed by atoms with van der Waals surface area (Å²) in [4.78, 5) is 29.3. The van der Waals surface area contributed by atoms with Gasteiger partial charge < -0.3 is 10.3 Å². The van der Waals surface area contributed by atoms with E-state index >= 15 is 0 Å². The third-order valence-corrected chi connectivity index (χ3v) is 5.71. The molecular formula is C18H22N2O2S. The van der Waals surface area contributed by atoms with E-state index < -0.39 is 0 Å². The standard InChI is InChI=1S/C18H22N2O2S/c1-10-4-5-15-13(6-10)8-16(23-15)18(22)19-9-14-11(2)7-12(3)20-17(14)21/h7-8,10H,4-6,9H2,1-3H3,(H,19,22)(H,20,21). The van der Waals surface area contributed by atoms with E-state index in [2.05, 4.69) is 17.2 Å². The molecule has 0 spiro atoms. The van der Waals surface area contributed by atoms with E-state index in [1.54, 1.807) is 11.3 Å². The number of aromatic nitrogens is 1. The maximum absolute atomic E-state index is 12.4. The molecule has 2 heterocycles. The SMILES string of the molecule is Cc1cc(C)c(CNC(=O)c2cc3c(s2)CCC(C)C3)c(=O)[nH]1. The van der Waals surface area contributed by atoms with Gasteiger partial charge in [0.2, 0.25) is 0 Å². The number of fused-ring (bicyclic) bond motifs is 1. The summed E-state index contributed by atoms with van der Waals surface area (Å²) in [5, 5.41) is 2.89. The lowest BCUT2D eigenvalue weighted by Gasteiger charge is -2.16. The Morgan fingerprint density at radius 3 is 2.91 bits per heavy atom. The number of aryl methyl sites for hydroxylation is 3. The molecule has 1 aliphatic carbocycles. The first kappa shape index (κ1) is 16.0. The Labute approximate surface area is 140 Å². The summed E-state index contributed by atoms with van der Waals surface area (Å²) >= 11 is 1.59. The maximum atomic E-state index is 12.4. The zero-order valence-corrected chi connectivity index (χ0v) is 14.6. The molecule has 3 rings (SSSR count). The number of nitrogens with one attached hydrogen (secondary N) is 2. The van der Waals surface area contributed by atoms with Crippen LogP contribution < -0.4 is 10.9 Å². The van der Waals surface area contributed by atoms with Gasteiger partial charge in [-0.15, -0.1) is 11.3 Å². The zero-order valence-electron chi connectivity index (χ0n) is 13.8. The molecule has 2 N–H and O–H groups in total. The van der Waals surface area contributed by atoms with Crippen molar-refractivity contribution in [2.24, 2.45) is 5.92 Å². The largest absolute Gasteiger partial charge is 0.347 e. The van der Waals surface area contributed by atoms with Gasteiger partial charge in [0, 0.05) is 22.7 Å². The van der Waals surface area contributed by atoms with Crippen molar-refractivity contribution in [2.45, 2.75) is 46.6 Å². The quantitative estimate of drug-likeness (QED) is 0.908. The van der Waals surface area contributed by atoms with Crippen molar-refractivity contribution < 1.29 is 4.79 Å². The van der Waals surface area contributed by atoms with Gasteiger partial charge in [0.05, 0.1) is 4.88 Å². The van der Waals surface area contributed by atoms with Crippen LogP contribution in [0.15, 0.2) is 16.9 Å². The lowest BCUT2D eigenvalue weighted by Crippen LogP contribution is -2.27. The van der Waals surface area contributed by atoms with Crippen LogP contribution in [0.3, 0.4) is 0 Å². The summed E-state index contributed by atoms with van der Waals surface area (Å²) in [5.41, 5.74) is 3.57. The summed E-state index contributed by atoms with van der Waals surface area (Å²) < 4.78 is 0. The first-order chi connectivity index (χ1) is 10.9. The summed E-state index contributed by atoms with van der Waals surface area (Å²) in [6.07, 6.45) is 3.34. The Bertz CT molecular complexity index is 804. The molecule has 4 nitrogen and oxygen atoms in total. The molecule has 0 aliphatic heterocycles. The second-order valence-electron chi connectivity index (χ2n) is 6.53. The Balaban J connectivity index is 1.72. The lowest BCUT2D eigenvalue weighted by molar-refractivity contribution is 0.0954. The fourth-order valence-electron chi connectivity index (χ4n) is 3.17. The van der Waals surface area contributed by atoms with Crippen LogP contribution in [0.25, 0.3) is 0 Å². The second kappa shape index (κ2) is 6.32. The predicted octanol–water partition coefficient (Wildman–Crippen LogP) is 3.11. The molecule has 2 aromatic heterocycles. The highest BCUT2D eigenvalue weighted by atomic mass is 32.1. The summed E-state index contributed by atoms with van der Waals surface area (Å²) in [5.74, 6) is 0.609.